The summed E-state index contributed by atoms with van der Waals surface area (Å²) in [5, 5.41) is 0. The second-order valence-electron chi connectivity index (χ2n) is 3.16. The molecule has 0 heterocycles. The van der Waals surface area contributed by atoms with Gasteiger partial charge < -0.3 is 10.5 Å². The summed E-state index contributed by atoms with van der Waals surface area (Å²) in [5.41, 5.74) is 7.66. The molecule has 0 aromatic heterocycles. The molecular weight excluding hydrogens is 178 g/mol. The Hall–Kier alpha value is -1.51. The summed E-state index contributed by atoms with van der Waals surface area (Å²) >= 11 is 0. The second kappa shape index (κ2) is 4.13. The van der Waals surface area contributed by atoms with Crippen molar-refractivity contribution in [3.05, 3.63) is 28.8 Å². The van der Waals surface area contributed by atoms with Gasteiger partial charge in [-0.15, -0.1) is 0 Å². The van der Waals surface area contributed by atoms with Gasteiger partial charge in [-0.1, -0.05) is 0 Å². The van der Waals surface area contributed by atoms with Gasteiger partial charge in [0.05, 0.1) is 6.61 Å². The van der Waals surface area contributed by atoms with Crippen molar-refractivity contribution in [1.29, 1.82) is 0 Å². The maximum absolute atomic E-state index is 11.0. The molecule has 0 fully saturated rings. The number of ether oxygens (including phenoxy) is 1. The Balaban J connectivity index is 3.19. The Bertz CT molecular complexity index is 359. The van der Waals surface area contributed by atoms with Crippen molar-refractivity contribution in [2.45, 2.75) is 20.8 Å². The van der Waals surface area contributed by atoms with Crippen molar-refractivity contribution < 1.29 is 9.53 Å². The molecule has 1 amide bonds. The van der Waals surface area contributed by atoms with E-state index in [1.54, 1.807) is 12.1 Å². The van der Waals surface area contributed by atoms with E-state index in [-0.39, 0.29) is 0 Å². The lowest BCUT2D eigenvalue weighted by Crippen LogP contribution is -2.13. The molecule has 3 nitrogen and oxygen atoms in total. The van der Waals surface area contributed by atoms with Gasteiger partial charge in [0.2, 0.25) is 5.91 Å². The molecule has 76 valence electrons. The lowest BCUT2D eigenvalue weighted by atomic mass is 10.0. The van der Waals surface area contributed by atoms with E-state index in [2.05, 4.69) is 0 Å². The molecule has 0 radical (unpaired) electrons. The van der Waals surface area contributed by atoms with Gasteiger partial charge in [-0.25, -0.2) is 0 Å². The minimum atomic E-state index is -0.395. The highest BCUT2D eigenvalue weighted by atomic mass is 16.5. The van der Waals surface area contributed by atoms with E-state index in [1.165, 1.54) is 0 Å². The molecule has 0 unspecified atom stereocenters. The van der Waals surface area contributed by atoms with Crippen LogP contribution >= 0.6 is 0 Å². The lowest BCUT2D eigenvalue weighted by Gasteiger charge is -2.11. The highest BCUT2D eigenvalue weighted by Crippen LogP contribution is 2.23. The van der Waals surface area contributed by atoms with E-state index in [0.717, 1.165) is 16.9 Å². The Morgan fingerprint density at radius 3 is 2.50 bits per heavy atom. The molecule has 0 aliphatic carbocycles. The van der Waals surface area contributed by atoms with Crippen LogP contribution in [-0.4, -0.2) is 12.5 Å². The highest BCUT2D eigenvalue weighted by Gasteiger charge is 2.10. The fourth-order valence-corrected chi connectivity index (χ4v) is 1.37. The van der Waals surface area contributed by atoms with Crippen molar-refractivity contribution in [1.82, 2.24) is 0 Å². The normalized spacial score (nSPS) is 9.93. The summed E-state index contributed by atoms with van der Waals surface area (Å²) in [6.07, 6.45) is 0. The van der Waals surface area contributed by atoms with Gasteiger partial charge in [-0.05, 0) is 44.0 Å². The van der Waals surface area contributed by atoms with Crippen LogP contribution in [0, 0.1) is 13.8 Å². The maximum atomic E-state index is 11.0. The average Bonchev–Trinajstić information content (AvgIpc) is 2.13. The number of hydrogen-bond donors (Lipinski definition) is 1. The monoisotopic (exact) mass is 193 g/mol. The standard InChI is InChI=1S/C11H15NO2/c1-4-14-10-6-5-9(11(12)13)7(2)8(10)3/h5-6H,4H2,1-3H3,(H2,12,13). The summed E-state index contributed by atoms with van der Waals surface area (Å²) in [7, 11) is 0. The van der Waals surface area contributed by atoms with E-state index in [9.17, 15) is 4.79 Å². The maximum Gasteiger partial charge on any atom is 0.248 e. The molecule has 0 saturated carbocycles. The topological polar surface area (TPSA) is 52.3 Å². The van der Waals surface area contributed by atoms with Gasteiger partial charge in [0.25, 0.3) is 0 Å². The average molecular weight is 193 g/mol. The third-order valence-corrected chi connectivity index (χ3v) is 2.30. The van der Waals surface area contributed by atoms with E-state index < -0.39 is 5.91 Å². The van der Waals surface area contributed by atoms with Crippen LogP contribution in [-0.2, 0) is 0 Å². The smallest absolute Gasteiger partial charge is 0.248 e. The summed E-state index contributed by atoms with van der Waals surface area (Å²) < 4.78 is 5.40. The second-order valence-corrected chi connectivity index (χ2v) is 3.16. The summed E-state index contributed by atoms with van der Waals surface area (Å²) in [5.74, 6) is 0.420. The minimum Gasteiger partial charge on any atom is -0.494 e. The number of primary amides is 1. The first kappa shape index (κ1) is 10.6. The molecule has 3 heteroatoms. The third kappa shape index (κ3) is 1.87. The first-order valence-corrected chi connectivity index (χ1v) is 4.60. The Kier molecular flexibility index (Phi) is 3.12. The SMILES string of the molecule is CCOc1ccc(C(N)=O)c(C)c1C. The van der Waals surface area contributed by atoms with Crippen molar-refractivity contribution in [3.63, 3.8) is 0 Å². The molecule has 14 heavy (non-hydrogen) atoms. The van der Waals surface area contributed by atoms with E-state index >= 15 is 0 Å². The number of benzene rings is 1. The summed E-state index contributed by atoms with van der Waals surface area (Å²) in [6, 6.07) is 3.49. The van der Waals surface area contributed by atoms with E-state index in [4.69, 9.17) is 10.5 Å². The zero-order chi connectivity index (χ0) is 10.7. The first-order valence-electron chi connectivity index (χ1n) is 4.60. The predicted octanol–water partition coefficient (Wildman–Crippen LogP) is 1.80. The molecule has 1 rings (SSSR count). The van der Waals surface area contributed by atoms with Crippen LogP contribution in [0.15, 0.2) is 12.1 Å². The molecule has 0 saturated heterocycles. The quantitative estimate of drug-likeness (QED) is 0.795. The minimum absolute atomic E-state index is 0.395. The van der Waals surface area contributed by atoms with Crippen molar-refractivity contribution in [3.8, 4) is 5.75 Å². The van der Waals surface area contributed by atoms with E-state index in [1.807, 2.05) is 20.8 Å². The van der Waals surface area contributed by atoms with Crippen LogP contribution < -0.4 is 10.5 Å². The van der Waals surface area contributed by atoms with Crippen molar-refractivity contribution in [2.75, 3.05) is 6.61 Å². The number of rotatable bonds is 3. The van der Waals surface area contributed by atoms with Crippen molar-refractivity contribution in [2.24, 2.45) is 5.73 Å². The van der Waals surface area contributed by atoms with Crippen LogP contribution in [0.2, 0.25) is 0 Å². The zero-order valence-electron chi connectivity index (χ0n) is 8.76. The molecule has 2 N–H and O–H groups in total. The van der Waals surface area contributed by atoms with Crippen LogP contribution in [0.3, 0.4) is 0 Å². The fraction of sp³-hybridized carbons (Fsp3) is 0.364. The van der Waals surface area contributed by atoms with Gasteiger partial charge in [0.15, 0.2) is 0 Å². The van der Waals surface area contributed by atoms with Gasteiger partial charge in [-0.3, -0.25) is 4.79 Å². The first-order chi connectivity index (χ1) is 6.57. The fourth-order valence-electron chi connectivity index (χ4n) is 1.37. The van der Waals surface area contributed by atoms with Crippen molar-refractivity contribution >= 4 is 5.91 Å². The number of carbonyl (C=O) groups excluding carboxylic acids is 1. The lowest BCUT2D eigenvalue weighted by molar-refractivity contribution is 0.0999. The number of hydrogen-bond acceptors (Lipinski definition) is 2. The van der Waals surface area contributed by atoms with Crippen LogP contribution in [0.25, 0.3) is 0 Å². The number of nitrogens with two attached hydrogens (primary N) is 1. The van der Waals surface area contributed by atoms with Crippen LogP contribution in [0.5, 0.6) is 5.75 Å². The summed E-state index contributed by atoms with van der Waals surface area (Å²) in [6.45, 7) is 6.34. The molecule has 0 aliphatic heterocycles. The molecule has 0 atom stereocenters. The van der Waals surface area contributed by atoms with Crippen LogP contribution in [0.1, 0.15) is 28.4 Å². The third-order valence-electron chi connectivity index (χ3n) is 2.30. The highest BCUT2D eigenvalue weighted by molar-refractivity contribution is 5.94. The van der Waals surface area contributed by atoms with Gasteiger partial charge >= 0.3 is 0 Å². The largest absolute Gasteiger partial charge is 0.494 e. The summed E-state index contributed by atoms with van der Waals surface area (Å²) in [4.78, 5) is 11.0. The predicted molar refractivity (Wildman–Crippen MR) is 55.6 cm³/mol. The number of amides is 1. The van der Waals surface area contributed by atoms with Gasteiger partial charge in [-0.2, -0.15) is 0 Å². The van der Waals surface area contributed by atoms with E-state index in [0.29, 0.717) is 12.2 Å². The zero-order valence-corrected chi connectivity index (χ0v) is 8.76. The molecule has 1 aromatic carbocycles. The Morgan fingerprint density at radius 1 is 1.36 bits per heavy atom. The molecule has 0 bridgehead atoms. The molecular formula is C11H15NO2. The molecule has 0 spiro atoms. The number of carbonyl (C=O) groups is 1. The van der Waals surface area contributed by atoms with Crippen LogP contribution in [0.4, 0.5) is 0 Å². The molecule has 0 aliphatic rings. The van der Waals surface area contributed by atoms with Gasteiger partial charge in [0.1, 0.15) is 5.75 Å². The van der Waals surface area contributed by atoms with Gasteiger partial charge in [0, 0.05) is 5.56 Å². The Labute approximate surface area is 83.9 Å². The molecule has 1 aromatic rings. The Morgan fingerprint density at radius 2 is 2.00 bits per heavy atom.